The Morgan fingerprint density at radius 3 is 1.41 bits per heavy atom. The summed E-state index contributed by atoms with van der Waals surface area (Å²) < 4.78 is 23.6. The Hall–Kier alpha value is -4.24. The van der Waals surface area contributed by atoms with Gasteiger partial charge in [0.25, 0.3) is 0 Å². The molecule has 6 rings (SSSR count). The van der Waals surface area contributed by atoms with Gasteiger partial charge in [-0.15, -0.1) is 0 Å². The first-order valence-corrected chi connectivity index (χ1v) is 20.3. The van der Waals surface area contributed by atoms with Crippen LogP contribution in [0, 0.1) is 0 Å². The quantitative estimate of drug-likeness (QED) is 0.183. The number of hydrogen-bond acceptors (Lipinski definition) is 10. The smallest absolute Gasteiger partial charge is 0.331 e. The molecule has 0 spiro atoms. The monoisotopic (exact) mass is 814 g/mol. The minimum absolute atomic E-state index is 0.0102. The van der Waals surface area contributed by atoms with Gasteiger partial charge in [-0.3, -0.25) is 9.80 Å². The van der Waals surface area contributed by atoms with Gasteiger partial charge in [-0.05, 0) is 62.8 Å². The fraction of sp³-hybridized carbons (Fsp3) is 0.550. The lowest BCUT2D eigenvalue weighted by molar-refractivity contribution is -0.148. The number of rotatable bonds is 16. The molecule has 4 saturated heterocycles. The van der Waals surface area contributed by atoms with Crippen LogP contribution < -0.4 is 20.1 Å². The third-order valence-electron chi connectivity index (χ3n) is 10.6. The number of hydrogen-bond donors (Lipinski definition) is 2. The molecule has 0 saturated carbocycles. The molecule has 2 atom stereocenters. The Balaban J connectivity index is 1.04. The largest absolute Gasteiger partial charge is 0.488 e. The van der Waals surface area contributed by atoms with Crippen molar-refractivity contribution in [2.75, 3.05) is 78.7 Å². The molecule has 2 aromatic rings. The van der Waals surface area contributed by atoms with Crippen molar-refractivity contribution in [3.05, 3.63) is 70.7 Å². The van der Waals surface area contributed by atoms with Crippen molar-refractivity contribution in [1.29, 1.82) is 0 Å². The van der Waals surface area contributed by atoms with Crippen molar-refractivity contribution in [3.63, 3.8) is 0 Å². The van der Waals surface area contributed by atoms with E-state index in [0.717, 1.165) is 89.9 Å². The van der Waals surface area contributed by atoms with Crippen molar-refractivity contribution in [2.24, 2.45) is 0 Å². The van der Waals surface area contributed by atoms with Gasteiger partial charge in [0.2, 0.25) is 0 Å². The maximum atomic E-state index is 13.2. The summed E-state index contributed by atoms with van der Waals surface area (Å²) >= 11 is 12.7. The van der Waals surface area contributed by atoms with E-state index in [9.17, 15) is 19.2 Å². The average Bonchev–Trinajstić information content (AvgIpc) is 3.20. The summed E-state index contributed by atoms with van der Waals surface area (Å²) in [6.07, 6.45) is 5.86. The van der Waals surface area contributed by atoms with E-state index in [1.54, 1.807) is 36.4 Å². The van der Waals surface area contributed by atoms with E-state index in [4.69, 9.17) is 42.1 Å². The molecule has 0 aromatic heterocycles. The number of halogens is 2. The minimum Gasteiger partial charge on any atom is -0.488 e. The Bertz CT molecular complexity index is 1550. The molecular formula is C40H52Cl2N6O8. The van der Waals surface area contributed by atoms with Crippen LogP contribution in [0.4, 0.5) is 9.59 Å². The van der Waals surface area contributed by atoms with E-state index in [1.165, 1.54) is 0 Å². The van der Waals surface area contributed by atoms with Crippen LogP contribution in [-0.4, -0.2) is 147 Å². The van der Waals surface area contributed by atoms with Crippen LogP contribution in [0.3, 0.4) is 0 Å². The Kier molecular flexibility index (Phi) is 15.4. The number of benzene rings is 2. The minimum atomic E-state index is -0.720. The van der Waals surface area contributed by atoms with E-state index >= 15 is 0 Å². The lowest BCUT2D eigenvalue weighted by atomic mass is 10.0. The number of likely N-dealkylation sites (tertiary alicyclic amines) is 2. The number of piperidine rings is 2. The molecule has 16 heteroatoms. The SMILES string of the molecule is O=C(/C=C/C(=O)OC(COc1ccccc1Cl)CN1CCC(N2CCCNC2=O)CC1)OC(COc1ccccc1Cl)CN1CCC(N2CCCNC2=O)CC1. The fourth-order valence-electron chi connectivity index (χ4n) is 7.68. The number of para-hydroxylation sites is 2. The molecule has 0 radical (unpaired) electrons. The topological polar surface area (TPSA) is 142 Å². The standard InChI is InChI=1S/C40H52Cl2N6O8/c41-33-7-1-3-9-35(33)53-27-31(25-45-21-13-29(14-22-45)47-19-5-17-43-39(47)51)55-37(49)11-12-38(50)56-32(28-54-36-10-4-2-8-34(36)42)26-46-23-15-30(16-24-46)48-20-6-18-44-40(48)52/h1-4,7-12,29-32H,5-6,13-28H2,(H,43,51)(H,44,52)/b12-11+. The van der Waals surface area contributed by atoms with Crippen molar-refractivity contribution in [1.82, 2.24) is 30.2 Å². The third kappa shape index (κ3) is 12.1. The summed E-state index contributed by atoms with van der Waals surface area (Å²) in [5.74, 6) is -0.504. The van der Waals surface area contributed by atoms with E-state index < -0.39 is 24.1 Å². The zero-order chi connectivity index (χ0) is 39.3. The molecule has 0 bridgehead atoms. The number of esters is 2. The molecule has 304 valence electrons. The second kappa shape index (κ2) is 20.8. The maximum absolute atomic E-state index is 13.2. The van der Waals surface area contributed by atoms with E-state index in [-0.39, 0.29) is 37.4 Å². The van der Waals surface area contributed by atoms with Gasteiger partial charge in [0.05, 0.1) is 10.0 Å². The number of nitrogens with zero attached hydrogens (tertiary/aromatic N) is 4. The van der Waals surface area contributed by atoms with Crippen molar-refractivity contribution < 1.29 is 38.1 Å². The van der Waals surface area contributed by atoms with E-state index in [1.807, 2.05) is 21.9 Å². The van der Waals surface area contributed by atoms with Gasteiger partial charge in [0, 0.05) is 89.7 Å². The highest BCUT2D eigenvalue weighted by Crippen LogP contribution is 2.26. The Morgan fingerprint density at radius 2 is 1.04 bits per heavy atom. The van der Waals surface area contributed by atoms with Crippen LogP contribution in [0.25, 0.3) is 0 Å². The molecule has 4 aliphatic rings. The predicted octanol–water partition coefficient (Wildman–Crippen LogP) is 4.59. The van der Waals surface area contributed by atoms with Gasteiger partial charge in [-0.2, -0.15) is 0 Å². The van der Waals surface area contributed by atoms with Crippen LogP contribution in [0.2, 0.25) is 10.0 Å². The first-order chi connectivity index (χ1) is 27.2. The molecule has 14 nitrogen and oxygen atoms in total. The third-order valence-corrected chi connectivity index (χ3v) is 11.2. The second-order valence-electron chi connectivity index (χ2n) is 14.6. The summed E-state index contributed by atoms with van der Waals surface area (Å²) in [5, 5.41) is 6.74. The summed E-state index contributed by atoms with van der Waals surface area (Å²) in [7, 11) is 0. The van der Waals surface area contributed by atoms with Crippen LogP contribution >= 0.6 is 23.2 Å². The van der Waals surface area contributed by atoms with Crippen molar-refractivity contribution in [2.45, 2.75) is 62.8 Å². The van der Waals surface area contributed by atoms with Gasteiger partial charge >= 0.3 is 24.0 Å². The first-order valence-electron chi connectivity index (χ1n) is 19.6. The number of nitrogens with one attached hydrogen (secondary N) is 2. The molecule has 4 heterocycles. The van der Waals surface area contributed by atoms with E-state index in [2.05, 4.69) is 20.4 Å². The molecule has 2 N–H and O–H groups in total. The number of carbonyl (C=O) groups excluding carboxylic acids is 4. The summed E-state index contributed by atoms with van der Waals surface area (Å²) in [6.45, 7) is 6.69. The Morgan fingerprint density at radius 1 is 0.643 bits per heavy atom. The van der Waals surface area contributed by atoms with Crippen LogP contribution in [0.5, 0.6) is 11.5 Å². The average molecular weight is 816 g/mol. The fourth-order valence-corrected chi connectivity index (χ4v) is 8.06. The molecule has 0 aliphatic carbocycles. The first kappa shape index (κ1) is 41.4. The summed E-state index contributed by atoms with van der Waals surface area (Å²) in [4.78, 5) is 59.4. The number of carbonyl (C=O) groups is 4. The second-order valence-corrected chi connectivity index (χ2v) is 15.4. The molecular weight excluding hydrogens is 763 g/mol. The van der Waals surface area contributed by atoms with Crippen molar-refractivity contribution in [3.8, 4) is 11.5 Å². The van der Waals surface area contributed by atoms with Gasteiger partial charge in [-0.1, -0.05) is 47.5 Å². The zero-order valence-electron chi connectivity index (χ0n) is 31.6. The molecule has 4 amide bonds. The number of amides is 4. The van der Waals surface area contributed by atoms with Crippen LogP contribution in [0.1, 0.15) is 38.5 Å². The van der Waals surface area contributed by atoms with Crippen LogP contribution in [-0.2, 0) is 19.1 Å². The highest BCUT2D eigenvalue weighted by molar-refractivity contribution is 6.32. The lowest BCUT2D eigenvalue weighted by Gasteiger charge is -2.40. The number of urea groups is 2. The van der Waals surface area contributed by atoms with Gasteiger partial charge < -0.3 is 39.4 Å². The molecule has 4 aliphatic heterocycles. The molecule has 2 unspecified atom stereocenters. The van der Waals surface area contributed by atoms with Crippen molar-refractivity contribution >= 4 is 47.2 Å². The lowest BCUT2D eigenvalue weighted by Crippen LogP contribution is -2.55. The highest BCUT2D eigenvalue weighted by Gasteiger charge is 2.32. The molecule has 56 heavy (non-hydrogen) atoms. The normalized spacial score (nSPS) is 20.2. The molecule has 4 fully saturated rings. The Labute approximate surface area is 338 Å². The van der Waals surface area contributed by atoms with Gasteiger partial charge in [-0.25, -0.2) is 19.2 Å². The zero-order valence-corrected chi connectivity index (χ0v) is 33.1. The van der Waals surface area contributed by atoms with Gasteiger partial charge in [0.1, 0.15) is 36.9 Å². The summed E-state index contributed by atoms with van der Waals surface area (Å²) in [5.41, 5.74) is 0. The van der Waals surface area contributed by atoms with E-state index in [0.29, 0.717) is 47.7 Å². The maximum Gasteiger partial charge on any atom is 0.331 e. The molecule has 2 aromatic carbocycles. The highest BCUT2D eigenvalue weighted by atomic mass is 35.5. The summed E-state index contributed by atoms with van der Waals surface area (Å²) in [6, 6.07) is 14.4. The number of ether oxygens (including phenoxy) is 4. The van der Waals surface area contributed by atoms with Gasteiger partial charge in [0.15, 0.2) is 0 Å². The predicted molar refractivity (Wildman–Crippen MR) is 211 cm³/mol. The van der Waals surface area contributed by atoms with Crippen LogP contribution in [0.15, 0.2) is 60.7 Å².